The molecule has 15 heavy (non-hydrogen) atoms. The third-order valence-corrected chi connectivity index (χ3v) is 2.56. The number of hydrogen-bond donors (Lipinski definition) is 2. The first kappa shape index (κ1) is 9.86. The summed E-state index contributed by atoms with van der Waals surface area (Å²) in [5.74, 6) is 0.468. The molecule has 0 aliphatic heterocycles. The molecule has 0 amide bonds. The van der Waals surface area contributed by atoms with Crippen LogP contribution in [0.2, 0.25) is 5.02 Å². The Morgan fingerprint density at radius 3 is 2.60 bits per heavy atom. The maximum absolute atomic E-state index is 6.02. The van der Waals surface area contributed by atoms with E-state index in [1.54, 1.807) is 4.68 Å². The van der Waals surface area contributed by atoms with Crippen LogP contribution in [-0.4, -0.2) is 9.78 Å². The van der Waals surface area contributed by atoms with E-state index >= 15 is 0 Å². The fraction of sp³-hybridized carbons (Fsp3) is 0.100. The number of nitrogen functional groups attached to an aromatic ring is 2. The zero-order valence-electron chi connectivity index (χ0n) is 8.02. The molecule has 1 aromatic heterocycles. The molecule has 0 atom stereocenters. The number of aromatic nitrogens is 2. The van der Waals surface area contributed by atoms with Crippen molar-refractivity contribution in [2.75, 3.05) is 11.5 Å². The van der Waals surface area contributed by atoms with E-state index in [-0.39, 0.29) is 0 Å². The van der Waals surface area contributed by atoms with Gasteiger partial charge in [-0.1, -0.05) is 29.8 Å². The summed E-state index contributed by atoms with van der Waals surface area (Å²) < 4.78 is 1.62. The molecule has 0 saturated heterocycles. The minimum absolute atomic E-state index is 0.468. The maximum atomic E-state index is 6.02. The van der Waals surface area contributed by atoms with Crippen molar-refractivity contribution < 1.29 is 0 Å². The van der Waals surface area contributed by atoms with Crippen LogP contribution in [0.25, 0.3) is 0 Å². The highest BCUT2D eigenvalue weighted by molar-refractivity contribution is 6.31. The van der Waals surface area contributed by atoms with Gasteiger partial charge in [0.15, 0.2) is 0 Å². The highest BCUT2D eigenvalue weighted by Gasteiger charge is 2.06. The molecule has 0 saturated carbocycles. The Labute approximate surface area is 92.4 Å². The maximum Gasteiger partial charge on any atom is 0.145 e. The van der Waals surface area contributed by atoms with Crippen molar-refractivity contribution in [1.82, 2.24) is 9.78 Å². The number of benzene rings is 1. The second-order valence-corrected chi connectivity index (χ2v) is 3.64. The van der Waals surface area contributed by atoms with E-state index in [0.29, 0.717) is 23.1 Å². The van der Waals surface area contributed by atoms with Gasteiger partial charge in [0.2, 0.25) is 0 Å². The lowest BCUT2D eigenvalue weighted by Crippen LogP contribution is -2.06. The van der Waals surface area contributed by atoms with Gasteiger partial charge in [0.05, 0.1) is 18.4 Å². The summed E-state index contributed by atoms with van der Waals surface area (Å²) in [6, 6.07) is 7.57. The molecule has 78 valence electrons. The molecular formula is C10H11ClN4. The van der Waals surface area contributed by atoms with E-state index in [4.69, 9.17) is 23.1 Å². The summed E-state index contributed by atoms with van der Waals surface area (Å²) >= 11 is 6.02. The topological polar surface area (TPSA) is 69.9 Å². The predicted molar refractivity (Wildman–Crippen MR) is 61.6 cm³/mol. The van der Waals surface area contributed by atoms with Crippen molar-refractivity contribution >= 4 is 23.1 Å². The van der Waals surface area contributed by atoms with Crippen LogP contribution >= 0.6 is 11.6 Å². The summed E-state index contributed by atoms with van der Waals surface area (Å²) in [6.45, 7) is 0.530. The molecule has 0 aliphatic carbocycles. The van der Waals surface area contributed by atoms with E-state index in [1.165, 1.54) is 6.20 Å². The number of nitrogens with zero attached hydrogens (tertiary/aromatic N) is 2. The molecule has 0 fully saturated rings. The molecule has 0 aliphatic rings. The molecule has 4 N–H and O–H groups in total. The van der Waals surface area contributed by atoms with Crippen LogP contribution in [0.4, 0.5) is 11.5 Å². The van der Waals surface area contributed by atoms with Crippen molar-refractivity contribution in [1.29, 1.82) is 0 Å². The largest absolute Gasteiger partial charge is 0.394 e. The van der Waals surface area contributed by atoms with Crippen LogP contribution in [0.15, 0.2) is 30.5 Å². The second-order valence-electron chi connectivity index (χ2n) is 3.23. The predicted octanol–water partition coefficient (Wildman–Crippen LogP) is 1.75. The Kier molecular flexibility index (Phi) is 2.51. The van der Waals surface area contributed by atoms with E-state index in [9.17, 15) is 0 Å². The molecule has 4 nitrogen and oxygen atoms in total. The van der Waals surface area contributed by atoms with Gasteiger partial charge in [-0.15, -0.1) is 0 Å². The minimum atomic E-state index is 0.468. The van der Waals surface area contributed by atoms with Gasteiger partial charge in [0.1, 0.15) is 5.82 Å². The number of halogens is 1. The minimum Gasteiger partial charge on any atom is -0.394 e. The fourth-order valence-corrected chi connectivity index (χ4v) is 1.52. The molecule has 0 spiro atoms. The molecule has 2 rings (SSSR count). The lowest BCUT2D eigenvalue weighted by atomic mass is 10.2. The van der Waals surface area contributed by atoms with E-state index in [0.717, 1.165) is 5.56 Å². The molecule has 1 aromatic carbocycles. The monoisotopic (exact) mass is 222 g/mol. The van der Waals surface area contributed by atoms with Gasteiger partial charge in [-0.3, -0.25) is 0 Å². The second kappa shape index (κ2) is 3.82. The highest BCUT2D eigenvalue weighted by Crippen LogP contribution is 2.19. The SMILES string of the molecule is Nc1cnn(Cc2ccccc2Cl)c1N. The summed E-state index contributed by atoms with van der Waals surface area (Å²) in [7, 11) is 0. The lowest BCUT2D eigenvalue weighted by Gasteiger charge is -2.06. The zero-order chi connectivity index (χ0) is 10.8. The van der Waals surface area contributed by atoms with Gasteiger partial charge in [0.25, 0.3) is 0 Å². The Balaban J connectivity index is 2.30. The van der Waals surface area contributed by atoms with Crippen molar-refractivity contribution in [3.63, 3.8) is 0 Å². The molecule has 5 heteroatoms. The van der Waals surface area contributed by atoms with Crippen LogP contribution in [0, 0.1) is 0 Å². The first-order valence-corrected chi connectivity index (χ1v) is 4.86. The summed E-state index contributed by atoms with van der Waals surface area (Å²) in [4.78, 5) is 0. The van der Waals surface area contributed by atoms with Crippen molar-refractivity contribution in [3.8, 4) is 0 Å². The summed E-state index contributed by atoms with van der Waals surface area (Å²) in [5.41, 5.74) is 12.8. The van der Waals surface area contributed by atoms with Gasteiger partial charge in [-0.25, -0.2) is 4.68 Å². The number of nitrogens with two attached hydrogens (primary N) is 2. The Bertz CT molecular complexity index is 478. The van der Waals surface area contributed by atoms with Crippen LogP contribution in [0.1, 0.15) is 5.56 Å². The molecule has 0 radical (unpaired) electrons. The van der Waals surface area contributed by atoms with Gasteiger partial charge in [-0.05, 0) is 11.6 Å². The molecule has 0 bridgehead atoms. The van der Waals surface area contributed by atoms with E-state index in [1.807, 2.05) is 24.3 Å². The zero-order valence-corrected chi connectivity index (χ0v) is 8.78. The van der Waals surface area contributed by atoms with Gasteiger partial charge < -0.3 is 11.5 Å². The van der Waals surface area contributed by atoms with E-state index in [2.05, 4.69) is 5.10 Å². The average Bonchev–Trinajstić information content (AvgIpc) is 2.53. The summed E-state index contributed by atoms with van der Waals surface area (Å²) in [5, 5.41) is 4.76. The standard InChI is InChI=1S/C10H11ClN4/c11-8-4-2-1-3-7(8)6-15-10(13)9(12)5-14-15/h1-5H,6,12-13H2. The highest BCUT2D eigenvalue weighted by atomic mass is 35.5. The van der Waals surface area contributed by atoms with Crippen LogP contribution in [0.3, 0.4) is 0 Å². The average molecular weight is 223 g/mol. The van der Waals surface area contributed by atoms with Crippen LogP contribution < -0.4 is 11.5 Å². The van der Waals surface area contributed by atoms with Crippen LogP contribution in [0.5, 0.6) is 0 Å². The smallest absolute Gasteiger partial charge is 0.145 e. The first-order chi connectivity index (χ1) is 7.18. The normalized spacial score (nSPS) is 10.5. The Hall–Kier alpha value is -1.68. The fourth-order valence-electron chi connectivity index (χ4n) is 1.32. The van der Waals surface area contributed by atoms with Crippen molar-refractivity contribution in [2.24, 2.45) is 0 Å². The van der Waals surface area contributed by atoms with Gasteiger partial charge in [0, 0.05) is 5.02 Å². The van der Waals surface area contributed by atoms with Gasteiger partial charge in [-0.2, -0.15) is 5.10 Å². The van der Waals surface area contributed by atoms with Crippen LogP contribution in [-0.2, 0) is 6.54 Å². The number of rotatable bonds is 2. The van der Waals surface area contributed by atoms with Gasteiger partial charge >= 0.3 is 0 Å². The molecule has 0 unspecified atom stereocenters. The number of anilines is 2. The third kappa shape index (κ3) is 1.89. The Morgan fingerprint density at radius 1 is 1.27 bits per heavy atom. The molecule has 1 heterocycles. The third-order valence-electron chi connectivity index (χ3n) is 2.19. The molecular weight excluding hydrogens is 212 g/mol. The van der Waals surface area contributed by atoms with Crippen molar-refractivity contribution in [3.05, 3.63) is 41.0 Å². The molecule has 2 aromatic rings. The lowest BCUT2D eigenvalue weighted by molar-refractivity contribution is 0.697. The number of hydrogen-bond acceptors (Lipinski definition) is 3. The quantitative estimate of drug-likeness (QED) is 0.813. The first-order valence-electron chi connectivity index (χ1n) is 4.48. The Morgan fingerprint density at radius 2 is 2.00 bits per heavy atom. The summed E-state index contributed by atoms with van der Waals surface area (Å²) in [6.07, 6.45) is 1.53. The van der Waals surface area contributed by atoms with E-state index < -0.39 is 0 Å². The van der Waals surface area contributed by atoms with Crippen molar-refractivity contribution in [2.45, 2.75) is 6.54 Å².